The van der Waals surface area contributed by atoms with E-state index in [-0.39, 0.29) is 11.6 Å². The lowest BCUT2D eigenvalue weighted by molar-refractivity contribution is 0.629. The molecule has 98 valence electrons. The van der Waals surface area contributed by atoms with Crippen LogP contribution in [0.25, 0.3) is 31.1 Å². The van der Waals surface area contributed by atoms with Gasteiger partial charge < -0.3 is 0 Å². The van der Waals surface area contributed by atoms with Crippen LogP contribution in [-0.2, 0) is 0 Å². The number of thiophene rings is 1. The SMILES string of the molecule is Fc1ccc2c(c1)sc1c(Cl)nc3ccc(F)cc3c12. The Bertz CT molecular complexity index is 994. The van der Waals surface area contributed by atoms with Gasteiger partial charge >= 0.3 is 0 Å². The van der Waals surface area contributed by atoms with E-state index in [9.17, 15) is 8.78 Å². The quantitative estimate of drug-likeness (QED) is 0.389. The maximum Gasteiger partial charge on any atom is 0.147 e. The molecule has 0 N–H and O–H groups in total. The standard InChI is InChI=1S/C15H6ClF2NS/c16-15-14-13(9-3-1-8(18)6-12(9)20-14)10-5-7(17)2-4-11(10)19-15/h1-6H. The molecule has 0 aliphatic rings. The lowest BCUT2D eigenvalue weighted by atomic mass is 10.1. The second-order valence-corrected chi connectivity index (χ2v) is 5.92. The van der Waals surface area contributed by atoms with Crippen LogP contribution in [0.2, 0.25) is 5.15 Å². The van der Waals surface area contributed by atoms with Crippen molar-refractivity contribution >= 4 is 54.0 Å². The fourth-order valence-electron chi connectivity index (χ4n) is 2.45. The van der Waals surface area contributed by atoms with Crippen LogP contribution in [0.5, 0.6) is 0 Å². The molecule has 0 aliphatic carbocycles. The van der Waals surface area contributed by atoms with Gasteiger partial charge in [0.25, 0.3) is 0 Å². The maximum absolute atomic E-state index is 13.5. The van der Waals surface area contributed by atoms with Gasteiger partial charge in [0.05, 0.1) is 10.2 Å². The normalized spacial score (nSPS) is 11.8. The average Bonchev–Trinajstić information content (AvgIpc) is 2.79. The van der Waals surface area contributed by atoms with Crippen molar-refractivity contribution in [3.05, 3.63) is 53.2 Å². The molecular weight excluding hydrogens is 300 g/mol. The predicted molar refractivity (Wildman–Crippen MR) is 79.6 cm³/mol. The summed E-state index contributed by atoms with van der Waals surface area (Å²) in [5, 5.41) is 2.76. The molecule has 2 aromatic carbocycles. The zero-order chi connectivity index (χ0) is 13.9. The second-order valence-electron chi connectivity index (χ2n) is 4.51. The van der Waals surface area contributed by atoms with Crippen LogP contribution in [0.4, 0.5) is 8.78 Å². The van der Waals surface area contributed by atoms with Crippen molar-refractivity contribution in [2.24, 2.45) is 0 Å². The maximum atomic E-state index is 13.5. The summed E-state index contributed by atoms with van der Waals surface area (Å²) in [5.74, 6) is -0.631. The van der Waals surface area contributed by atoms with E-state index in [0.29, 0.717) is 16.1 Å². The molecule has 0 saturated carbocycles. The summed E-state index contributed by atoms with van der Waals surface area (Å²) >= 11 is 7.57. The number of hydrogen-bond acceptors (Lipinski definition) is 2. The zero-order valence-corrected chi connectivity index (χ0v) is 11.5. The summed E-state index contributed by atoms with van der Waals surface area (Å²) in [6, 6.07) is 8.95. The van der Waals surface area contributed by atoms with E-state index >= 15 is 0 Å². The number of benzene rings is 2. The number of hydrogen-bond donors (Lipinski definition) is 0. The molecule has 0 atom stereocenters. The van der Waals surface area contributed by atoms with Gasteiger partial charge in [-0.15, -0.1) is 11.3 Å². The Hall–Kier alpha value is -1.78. The molecule has 1 nitrogen and oxygen atoms in total. The third-order valence-electron chi connectivity index (χ3n) is 3.29. The Balaban J connectivity index is 2.34. The van der Waals surface area contributed by atoms with Crippen LogP contribution >= 0.6 is 22.9 Å². The first-order valence-corrected chi connectivity index (χ1v) is 7.09. The van der Waals surface area contributed by atoms with E-state index in [1.807, 2.05) is 0 Å². The van der Waals surface area contributed by atoms with E-state index in [0.717, 1.165) is 20.2 Å². The van der Waals surface area contributed by atoms with Crippen LogP contribution in [0, 0.1) is 11.6 Å². The number of halogens is 3. The minimum absolute atomic E-state index is 0.302. The van der Waals surface area contributed by atoms with Gasteiger partial charge in [-0.2, -0.15) is 0 Å². The minimum atomic E-state index is -0.329. The highest BCUT2D eigenvalue weighted by atomic mass is 35.5. The monoisotopic (exact) mass is 305 g/mol. The predicted octanol–water partition coefficient (Wildman–Crippen LogP) is 5.53. The molecule has 0 fully saturated rings. The third kappa shape index (κ3) is 1.62. The first kappa shape index (κ1) is 12.0. The van der Waals surface area contributed by atoms with E-state index in [1.54, 1.807) is 12.1 Å². The van der Waals surface area contributed by atoms with Crippen LogP contribution in [0.1, 0.15) is 0 Å². The van der Waals surface area contributed by atoms with Gasteiger partial charge in [0.2, 0.25) is 0 Å². The fraction of sp³-hybridized carbons (Fsp3) is 0. The molecule has 20 heavy (non-hydrogen) atoms. The molecule has 4 aromatic rings. The highest BCUT2D eigenvalue weighted by Gasteiger charge is 2.14. The van der Waals surface area contributed by atoms with Crippen molar-refractivity contribution in [3.63, 3.8) is 0 Å². The zero-order valence-electron chi connectivity index (χ0n) is 9.95. The average molecular weight is 306 g/mol. The highest BCUT2D eigenvalue weighted by Crippen LogP contribution is 2.41. The minimum Gasteiger partial charge on any atom is -0.235 e. The number of rotatable bonds is 0. The fourth-order valence-corrected chi connectivity index (χ4v) is 3.87. The van der Waals surface area contributed by atoms with Crippen LogP contribution < -0.4 is 0 Å². The molecule has 2 aromatic heterocycles. The van der Waals surface area contributed by atoms with Gasteiger partial charge in [-0.3, -0.25) is 0 Å². The Labute approximate surface area is 121 Å². The molecule has 0 radical (unpaired) electrons. The number of pyridine rings is 1. The van der Waals surface area contributed by atoms with Crippen LogP contribution in [0.3, 0.4) is 0 Å². The van der Waals surface area contributed by atoms with Crippen molar-refractivity contribution in [1.29, 1.82) is 0 Å². The van der Waals surface area contributed by atoms with Gasteiger partial charge in [-0.1, -0.05) is 11.6 Å². The molecule has 2 heterocycles. The molecule has 0 saturated heterocycles. The summed E-state index contributed by atoms with van der Waals surface area (Å²) in [5.41, 5.74) is 0.632. The molecule has 0 amide bonds. The molecule has 0 aliphatic heterocycles. The first-order valence-electron chi connectivity index (χ1n) is 5.90. The van der Waals surface area contributed by atoms with Crippen molar-refractivity contribution in [2.45, 2.75) is 0 Å². The van der Waals surface area contributed by atoms with E-state index in [1.165, 1.54) is 35.6 Å². The lowest BCUT2D eigenvalue weighted by Gasteiger charge is -2.02. The van der Waals surface area contributed by atoms with Gasteiger partial charge in [0.15, 0.2) is 0 Å². The number of aromatic nitrogens is 1. The number of fused-ring (bicyclic) bond motifs is 5. The van der Waals surface area contributed by atoms with Crippen molar-refractivity contribution in [1.82, 2.24) is 4.98 Å². The smallest absolute Gasteiger partial charge is 0.147 e. The van der Waals surface area contributed by atoms with Gasteiger partial charge in [-0.05, 0) is 36.4 Å². The molecule has 0 spiro atoms. The lowest BCUT2D eigenvalue weighted by Crippen LogP contribution is -1.83. The van der Waals surface area contributed by atoms with E-state index in [4.69, 9.17) is 11.6 Å². The van der Waals surface area contributed by atoms with Crippen LogP contribution in [-0.4, -0.2) is 4.98 Å². The van der Waals surface area contributed by atoms with Gasteiger partial charge in [0, 0.05) is 20.9 Å². The summed E-state index contributed by atoms with van der Waals surface area (Å²) < 4.78 is 28.4. The topological polar surface area (TPSA) is 12.9 Å². The third-order valence-corrected chi connectivity index (χ3v) is 4.83. The summed E-state index contributed by atoms with van der Waals surface area (Å²) in [6.45, 7) is 0. The summed E-state index contributed by atoms with van der Waals surface area (Å²) in [6.07, 6.45) is 0. The summed E-state index contributed by atoms with van der Waals surface area (Å²) in [7, 11) is 0. The Kier molecular flexibility index (Phi) is 2.46. The van der Waals surface area contributed by atoms with E-state index in [2.05, 4.69) is 4.98 Å². The Morgan fingerprint density at radius 1 is 0.950 bits per heavy atom. The van der Waals surface area contributed by atoms with Crippen molar-refractivity contribution in [3.8, 4) is 0 Å². The second kappa shape index (κ2) is 4.11. The highest BCUT2D eigenvalue weighted by molar-refractivity contribution is 7.26. The Morgan fingerprint density at radius 2 is 1.70 bits per heavy atom. The van der Waals surface area contributed by atoms with Gasteiger partial charge in [0.1, 0.15) is 16.8 Å². The molecule has 5 heteroatoms. The van der Waals surface area contributed by atoms with Crippen molar-refractivity contribution < 1.29 is 8.78 Å². The van der Waals surface area contributed by atoms with Crippen molar-refractivity contribution in [2.75, 3.05) is 0 Å². The Morgan fingerprint density at radius 3 is 2.55 bits per heavy atom. The van der Waals surface area contributed by atoms with Gasteiger partial charge in [-0.25, -0.2) is 13.8 Å². The molecular formula is C15H6ClF2NS. The summed E-state index contributed by atoms with van der Waals surface area (Å²) in [4.78, 5) is 4.28. The molecule has 0 unspecified atom stereocenters. The largest absolute Gasteiger partial charge is 0.235 e. The van der Waals surface area contributed by atoms with Crippen LogP contribution in [0.15, 0.2) is 36.4 Å². The molecule has 4 rings (SSSR count). The first-order chi connectivity index (χ1) is 9.63. The van der Waals surface area contributed by atoms with E-state index < -0.39 is 0 Å². The number of nitrogens with zero attached hydrogens (tertiary/aromatic N) is 1. The molecule has 0 bridgehead atoms.